The molecule has 1 heterocycles. The van der Waals surface area contributed by atoms with Gasteiger partial charge in [-0.3, -0.25) is 0 Å². The van der Waals surface area contributed by atoms with E-state index in [0.717, 1.165) is 29.9 Å². The van der Waals surface area contributed by atoms with Gasteiger partial charge in [-0.15, -0.1) is 0 Å². The summed E-state index contributed by atoms with van der Waals surface area (Å²) < 4.78 is 5.57. The number of nitrogens with one attached hydrogen (secondary N) is 1. The van der Waals surface area contributed by atoms with Crippen molar-refractivity contribution in [1.29, 1.82) is 0 Å². The fourth-order valence-corrected chi connectivity index (χ4v) is 2.46. The first-order valence-corrected chi connectivity index (χ1v) is 6.70. The summed E-state index contributed by atoms with van der Waals surface area (Å²) in [6.07, 6.45) is 1.28. The van der Waals surface area contributed by atoms with Gasteiger partial charge in [0.25, 0.3) is 0 Å². The third-order valence-electron chi connectivity index (χ3n) is 3.19. The van der Waals surface area contributed by atoms with Gasteiger partial charge in [0.2, 0.25) is 0 Å². The van der Waals surface area contributed by atoms with E-state index < -0.39 is 0 Å². The smallest absolute Gasteiger partial charge is 0.105 e. The zero-order valence-corrected chi connectivity index (χ0v) is 12.1. The second kappa shape index (κ2) is 6.25. The minimum atomic E-state index is 0.377. The van der Waals surface area contributed by atoms with E-state index in [2.05, 4.69) is 39.1 Å². The van der Waals surface area contributed by atoms with Gasteiger partial charge in [-0.2, -0.15) is 0 Å². The van der Waals surface area contributed by atoms with Crippen molar-refractivity contribution in [2.24, 2.45) is 11.8 Å². The molecule has 1 N–H and O–H groups in total. The second-order valence-corrected chi connectivity index (χ2v) is 5.73. The van der Waals surface area contributed by atoms with Crippen LogP contribution in [0.3, 0.4) is 0 Å². The maximum atomic E-state index is 5.57. The van der Waals surface area contributed by atoms with Crippen molar-refractivity contribution in [1.82, 2.24) is 5.32 Å². The maximum absolute atomic E-state index is 5.57. The number of rotatable bonds is 6. The van der Waals surface area contributed by atoms with Crippen molar-refractivity contribution < 1.29 is 4.42 Å². The van der Waals surface area contributed by atoms with E-state index in [-0.39, 0.29) is 0 Å². The molecule has 0 aliphatic carbocycles. The molecule has 0 radical (unpaired) electrons. The minimum absolute atomic E-state index is 0.377. The number of furan rings is 1. The summed E-state index contributed by atoms with van der Waals surface area (Å²) in [6, 6.07) is 2.52. The summed E-state index contributed by atoms with van der Waals surface area (Å²) in [4.78, 5) is 0. The second-order valence-electron chi connectivity index (χ2n) is 5.73. The summed E-state index contributed by atoms with van der Waals surface area (Å²) in [5.41, 5.74) is 1.29. The highest BCUT2D eigenvalue weighted by molar-refractivity contribution is 5.23. The highest BCUT2D eigenvalue weighted by Crippen LogP contribution is 2.21. The van der Waals surface area contributed by atoms with Crippen LogP contribution < -0.4 is 5.32 Å². The molecule has 0 spiro atoms. The molecule has 2 heteroatoms. The zero-order valence-electron chi connectivity index (χ0n) is 12.1. The number of hydrogen-bond acceptors (Lipinski definition) is 2. The normalized spacial score (nSPS) is 15.2. The average molecular weight is 237 g/mol. The van der Waals surface area contributed by atoms with Crippen LogP contribution in [0.2, 0.25) is 0 Å². The van der Waals surface area contributed by atoms with E-state index in [1.54, 1.807) is 0 Å². The van der Waals surface area contributed by atoms with Crippen LogP contribution in [0.4, 0.5) is 0 Å². The Bertz CT molecular complexity index is 341. The Kier molecular flexibility index (Phi) is 5.26. The quantitative estimate of drug-likeness (QED) is 0.801. The number of hydrogen-bond donors (Lipinski definition) is 1. The Hall–Kier alpha value is -0.760. The molecule has 2 atom stereocenters. The monoisotopic (exact) mass is 237 g/mol. The molecule has 17 heavy (non-hydrogen) atoms. The predicted molar refractivity (Wildman–Crippen MR) is 73.2 cm³/mol. The largest absolute Gasteiger partial charge is 0.466 e. The molecule has 1 aromatic heterocycles. The Balaban J connectivity index is 2.44. The van der Waals surface area contributed by atoms with E-state index in [1.807, 2.05) is 13.8 Å². The molecule has 0 amide bonds. The lowest BCUT2D eigenvalue weighted by Crippen LogP contribution is -2.25. The SMILES string of the molecule is Cc1cc(C(C)NCC(C)CC(C)C)c(C)o1. The molecule has 2 nitrogen and oxygen atoms in total. The van der Waals surface area contributed by atoms with Gasteiger partial charge in [0.05, 0.1) is 0 Å². The standard InChI is InChI=1S/C15H27NO/c1-10(2)7-11(3)9-16-13(5)15-8-12(4)17-14(15)6/h8,10-11,13,16H,7,9H2,1-6H3. The van der Waals surface area contributed by atoms with Crippen LogP contribution in [0.15, 0.2) is 10.5 Å². The fraction of sp³-hybridized carbons (Fsp3) is 0.733. The van der Waals surface area contributed by atoms with Crippen molar-refractivity contribution in [2.75, 3.05) is 6.54 Å². The van der Waals surface area contributed by atoms with E-state index in [0.29, 0.717) is 6.04 Å². The third kappa shape index (κ3) is 4.55. The molecule has 0 fully saturated rings. The van der Waals surface area contributed by atoms with Crippen molar-refractivity contribution >= 4 is 0 Å². The lowest BCUT2D eigenvalue weighted by atomic mass is 9.98. The van der Waals surface area contributed by atoms with Crippen LogP contribution in [-0.4, -0.2) is 6.54 Å². The van der Waals surface area contributed by atoms with Crippen molar-refractivity contribution in [3.8, 4) is 0 Å². The Labute approximate surface area is 106 Å². The van der Waals surface area contributed by atoms with Crippen molar-refractivity contribution in [2.45, 2.75) is 54.0 Å². The van der Waals surface area contributed by atoms with E-state index in [4.69, 9.17) is 4.42 Å². The molecule has 0 aliphatic rings. The summed E-state index contributed by atoms with van der Waals surface area (Å²) >= 11 is 0. The topological polar surface area (TPSA) is 25.2 Å². The van der Waals surface area contributed by atoms with Crippen LogP contribution in [-0.2, 0) is 0 Å². The highest BCUT2D eigenvalue weighted by Gasteiger charge is 2.13. The summed E-state index contributed by atoms with van der Waals surface area (Å²) in [5, 5.41) is 3.60. The average Bonchev–Trinajstić information content (AvgIpc) is 2.53. The zero-order chi connectivity index (χ0) is 13.0. The lowest BCUT2D eigenvalue weighted by molar-refractivity contribution is 0.394. The Morgan fingerprint density at radius 1 is 1.18 bits per heavy atom. The summed E-state index contributed by atoms with van der Waals surface area (Å²) in [6.45, 7) is 14.2. The van der Waals surface area contributed by atoms with Gasteiger partial charge in [-0.25, -0.2) is 0 Å². The van der Waals surface area contributed by atoms with Gasteiger partial charge in [0.1, 0.15) is 11.5 Å². The van der Waals surface area contributed by atoms with E-state index in [1.165, 1.54) is 12.0 Å². The predicted octanol–water partition coefficient (Wildman–Crippen LogP) is 4.23. The van der Waals surface area contributed by atoms with Crippen LogP contribution in [0.5, 0.6) is 0 Å². The molecule has 0 aromatic carbocycles. The van der Waals surface area contributed by atoms with Crippen molar-refractivity contribution in [3.05, 3.63) is 23.2 Å². The van der Waals surface area contributed by atoms with Crippen LogP contribution in [0.1, 0.15) is 57.2 Å². The maximum Gasteiger partial charge on any atom is 0.105 e. The Morgan fingerprint density at radius 3 is 2.29 bits per heavy atom. The van der Waals surface area contributed by atoms with Crippen LogP contribution >= 0.6 is 0 Å². The first-order valence-electron chi connectivity index (χ1n) is 6.70. The van der Waals surface area contributed by atoms with Gasteiger partial charge in [0, 0.05) is 11.6 Å². The first-order chi connectivity index (χ1) is 7.90. The van der Waals surface area contributed by atoms with Crippen LogP contribution in [0.25, 0.3) is 0 Å². The van der Waals surface area contributed by atoms with Gasteiger partial charge in [-0.1, -0.05) is 20.8 Å². The lowest BCUT2D eigenvalue weighted by Gasteiger charge is -2.18. The van der Waals surface area contributed by atoms with Crippen molar-refractivity contribution in [3.63, 3.8) is 0 Å². The molecule has 0 bridgehead atoms. The summed E-state index contributed by atoms with van der Waals surface area (Å²) in [5.74, 6) is 3.55. The highest BCUT2D eigenvalue weighted by atomic mass is 16.3. The molecule has 0 saturated heterocycles. The van der Waals surface area contributed by atoms with E-state index >= 15 is 0 Å². The molecule has 0 aliphatic heterocycles. The fourth-order valence-electron chi connectivity index (χ4n) is 2.46. The molecular formula is C15H27NO. The van der Waals surface area contributed by atoms with Crippen LogP contribution in [0, 0.1) is 25.7 Å². The molecular weight excluding hydrogens is 210 g/mol. The van der Waals surface area contributed by atoms with Gasteiger partial charge < -0.3 is 9.73 Å². The number of aryl methyl sites for hydroxylation is 2. The van der Waals surface area contributed by atoms with E-state index in [9.17, 15) is 0 Å². The Morgan fingerprint density at radius 2 is 1.82 bits per heavy atom. The molecule has 2 unspecified atom stereocenters. The first kappa shape index (κ1) is 14.3. The van der Waals surface area contributed by atoms with Gasteiger partial charge >= 0.3 is 0 Å². The molecule has 98 valence electrons. The molecule has 1 aromatic rings. The molecule has 0 saturated carbocycles. The van der Waals surface area contributed by atoms with Gasteiger partial charge in [0.15, 0.2) is 0 Å². The summed E-state index contributed by atoms with van der Waals surface area (Å²) in [7, 11) is 0. The third-order valence-corrected chi connectivity index (χ3v) is 3.19. The molecule has 1 rings (SSSR count). The minimum Gasteiger partial charge on any atom is -0.466 e. The van der Waals surface area contributed by atoms with Gasteiger partial charge in [-0.05, 0) is 51.6 Å².